The maximum atomic E-state index is 12.9. The SMILES string of the molecule is C[C@]12CCC(=O)N1[C@@H](C(=O)Nc1cccc(S(=O)(=O)N3CCCCC3)c1)CS2. The smallest absolute Gasteiger partial charge is 0.248 e. The van der Waals surface area contributed by atoms with Crippen molar-refractivity contribution in [2.24, 2.45) is 0 Å². The van der Waals surface area contributed by atoms with E-state index in [4.69, 9.17) is 0 Å². The molecular formula is C19H25N3O4S2. The van der Waals surface area contributed by atoms with Crippen LogP contribution in [-0.4, -0.2) is 59.2 Å². The average Bonchev–Trinajstić information content (AvgIpc) is 3.18. The van der Waals surface area contributed by atoms with E-state index in [9.17, 15) is 18.0 Å². The number of carbonyl (C=O) groups is 2. The number of carbonyl (C=O) groups excluding carboxylic acids is 2. The molecular weight excluding hydrogens is 398 g/mol. The topological polar surface area (TPSA) is 86.8 Å². The maximum Gasteiger partial charge on any atom is 0.248 e. The van der Waals surface area contributed by atoms with Crippen LogP contribution in [0.15, 0.2) is 29.2 Å². The van der Waals surface area contributed by atoms with E-state index in [1.54, 1.807) is 34.9 Å². The first-order chi connectivity index (χ1) is 13.3. The Kier molecular flexibility index (Phi) is 5.18. The lowest BCUT2D eigenvalue weighted by atomic mass is 10.2. The van der Waals surface area contributed by atoms with E-state index >= 15 is 0 Å². The lowest BCUT2D eigenvalue weighted by Crippen LogP contribution is -2.48. The Labute approximate surface area is 169 Å². The van der Waals surface area contributed by atoms with Crippen molar-refractivity contribution in [1.29, 1.82) is 0 Å². The largest absolute Gasteiger partial charge is 0.324 e. The number of anilines is 1. The van der Waals surface area contributed by atoms with Gasteiger partial charge in [0.1, 0.15) is 6.04 Å². The third-order valence-corrected chi connectivity index (χ3v) is 9.20. The highest BCUT2D eigenvalue weighted by Crippen LogP contribution is 2.47. The van der Waals surface area contributed by atoms with E-state index < -0.39 is 16.1 Å². The van der Waals surface area contributed by atoms with Gasteiger partial charge in [-0.2, -0.15) is 4.31 Å². The van der Waals surface area contributed by atoms with Gasteiger partial charge < -0.3 is 10.2 Å². The van der Waals surface area contributed by atoms with Crippen molar-refractivity contribution in [2.45, 2.75) is 54.8 Å². The van der Waals surface area contributed by atoms with Crippen LogP contribution in [0, 0.1) is 0 Å². The fraction of sp³-hybridized carbons (Fsp3) is 0.579. The Morgan fingerprint density at radius 3 is 2.75 bits per heavy atom. The van der Waals surface area contributed by atoms with Crippen molar-refractivity contribution in [2.75, 3.05) is 24.2 Å². The summed E-state index contributed by atoms with van der Waals surface area (Å²) >= 11 is 1.63. The van der Waals surface area contributed by atoms with Crippen LogP contribution in [-0.2, 0) is 19.6 Å². The average molecular weight is 424 g/mol. The van der Waals surface area contributed by atoms with Gasteiger partial charge in [0.05, 0.1) is 9.77 Å². The number of rotatable bonds is 4. The molecule has 3 fully saturated rings. The first-order valence-corrected chi connectivity index (χ1v) is 12.1. The number of hydrogen-bond acceptors (Lipinski definition) is 5. The normalized spacial score (nSPS) is 28.4. The van der Waals surface area contributed by atoms with E-state index in [2.05, 4.69) is 5.32 Å². The molecule has 2 atom stereocenters. The first kappa shape index (κ1) is 19.7. The number of sulfonamides is 1. The second-order valence-electron chi connectivity index (χ2n) is 7.75. The van der Waals surface area contributed by atoms with Crippen molar-refractivity contribution in [3.05, 3.63) is 24.3 Å². The van der Waals surface area contributed by atoms with Gasteiger partial charge in [-0.05, 0) is 44.4 Å². The van der Waals surface area contributed by atoms with Crippen LogP contribution >= 0.6 is 11.8 Å². The molecule has 7 nitrogen and oxygen atoms in total. The summed E-state index contributed by atoms with van der Waals surface area (Å²) in [5, 5.41) is 2.82. The van der Waals surface area contributed by atoms with E-state index in [1.807, 2.05) is 6.92 Å². The van der Waals surface area contributed by atoms with Crippen molar-refractivity contribution in [3.8, 4) is 0 Å². The van der Waals surface area contributed by atoms with E-state index in [-0.39, 0.29) is 21.6 Å². The minimum Gasteiger partial charge on any atom is -0.324 e. The molecule has 0 aliphatic carbocycles. The fourth-order valence-corrected chi connectivity index (χ4v) is 7.22. The molecule has 0 spiro atoms. The predicted molar refractivity (Wildman–Crippen MR) is 108 cm³/mol. The maximum absolute atomic E-state index is 12.9. The number of hydrogen-bond donors (Lipinski definition) is 1. The number of nitrogens with zero attached hydrogens (tertiary/aromatic N) is 2. The minimum absolute atomic E-state index is 0.00840. The number of fused-ring (bicyclic) bond motifs is 1. The van der Waals surface area contributed by atoms with Crippen molar-refractivity contribution in [1.82, 2.24) is 9.21 Å². The summed E-state index contributed by atoms with van der Waals surface area (Å²) < 4.78 is 27.3. The third-order valence-electron chi connectivity index (χ3n) is 5.80. The van der Waals surface area contributed by atoms with Crippen molar-refractivity contribution in [3.63, 3.8) is 0 Å². The Morgan fingerprint density at radius 2 is 2.00 bits per heavy atom. The van der Waals surface area contributed by atoms with Crippen molar-refractivity contribution >= 4 is 39.3 Å². The molecule has 0 aromatic heterocycles. The molecule has 4 rings (SSSR count). The highest BCUT2D eigenvalue weighted by molar-refractivity contribution is 8.01. The Morgan fingerprint density at radius 1 is 1.25 bits per heavy atom. The molecule has 3 aliphatic heterocycles. The number of amides is 2. The zero-order valence-corrected chi connectivity index (χ0v) is 17.5. The van der Waals surface area contributed by atoms with Crippen molar-refractivity contribution < 1.29 is 18.0 Å². The molecule has 3 heterocycles. The van der Waals surface area contributed by atoms with Gasteiger partial charge in [0.25, 0.3) is 0 Å². The van der Waals surface area contributed by atoms with Gasteiger partial charge in [0.2, 0.25) is 21.8 Å². The van der Waals surface area contributed by atoms with Gasteiger partial charge in [-0.25, -0.2) is 8.42 Å². The molecule has 152 valence electrons. The number of piperidine rings is 1. The summed E-state index contributed by atoms with van der Waals surface area (Å²) in [6.07, 6.45) is 4.02. The standard InChI is InChI=1S/C19H25N3O4S2/c1-19-9-8-17(23)22(19)16(13-27-19)18(24)20-14-6-5-7-15(12-14)28(25,26)21-10-3-2-4-11-21/h5-7,12,16H,2-4,8-11,13H2,1H3,(H,20,24)/t16-,19+/m1/s1. The van der Waals surface area contributed by atoms with Gasteiger partial charge in [-0.1, -0.05) is 12.5 Å². The number of benzene rings is 1. The highest BCUT2D eigenvalue weighted by Gasteiger charge is 2.52. The minimum atomic E-state index is -3.56. The molecule has 3 aliphatic rings. The molecule has 0 bridgehead atoms. The Hall–Kier alpha value is -1.58. The fourth-order valence-electron chi connectivity index (χ4n) is 4.23. The molecule has 28 heavy (non-hydrogen) atoms. The Bertz CT molecular complexity index is 898. The van der Waals surface area contributed by atoms with Gasteiger partial charge >= 0.3 is 0 Å². The summed E-state index contributed by atoms with van der Waals surface area (Å²) in [7, 11) is -3.56. The van der Waals surface area contributed by atoms with Gasteiger partial charge in [-0.3, -0.25) is 9.59 Å². The monoisotopic (exact) mass is 423 g/mol. The molecule has 0 radical (unpaired) electrons. The molecule has 2 amide bonds. The molecule has 0 unspecified atom stereocenters. The van der Waals surface area contributed by atoms with Crippen LogP contribution in [0.3, 0.4) is 0 Å². The molecule has 9 heteroatoms. The zero-order chi connectivity index (χ0) is 19.9. The van der Waals surface area contributed by atoms with E-state index in [1.165, 1.54) is 10.4 Å². The first-order valence-electron chi connectivity index (χ1n) is 9.68. The highest BCUT2D eigenvalue weighted by atomic mass is 32.2. The van der Waals surface area contributed by atoms with Gasteiger partial charge in [0.15, 0.2) is 0 Å². The van der Waals surface area contributed by atoms with Gasteiger partial charge in [-0.15, -0.1) is 11.8 Å². The second-order valence-corrected chi connectivity index (χ2v) is 11.2. The quantitative estimate of drug-likeness (QED) is 0.803. The number of nitrogens with one attached hydrogen (secondary N) is 1. The third kappa shape index (κ3) is 3.44. The number of thioether (sulfide) groups is 1. The molecule has 1 aromatic rings. The summed E-state index contributed by atoms with van der Waals surface area (Å²) in [4.78, 5) is 26.6. The summed E-state index contributed by atoms with van der Waals surface area (Å²) in [5.41, 5.74) is 0.438. The van der Waals surface area contributed by atoms with Crippen LogP contribution < -0.4 is 5.32 Å². The Balaban J connectivity index is 1.51. The predicted octanol–water partition coefficient (Wildman–Crippen LogP) is 2.25. The molecule has 1 N–H and O–H groups in total. The van der Waals surface area contributed by atoms with Crippen LogP contribution in [0.1, 0.15) is 39.0 Å². The molecule has 3 saturated heterocycles. The second kappa shape index (κ2) is 7.35. The van der Waals surface area contributed by atoms with E-state index in [0.717, 1.165) is 25.7 Å². The summed E-state index contributed by atoms with van der Waals surface area (Å²) in [5.74, 6) is 0.299. The molecule has 0 saturated carbocycles. The van der Waals surface area contributed by atoms with Crippen LogP contribution in [0.2, 0.25) is 0 Å². The lowest BCUT2D eigenvalue weighted by Gasteiger charge is -2.30. The van der Waals surface area contributed by atoms with Crippen LogP contribution in [0.25, 0.3) is 0 Å². The summed E-state index contributed by atoms with van der Waals surface area (Å²) in [6, 6.07) is 5.87. The zero-order valence-electron chi connectivity index (χ0n) is 15.9. The van der Waals surface area contributed by atoms with Crippen LogP contribution in [0.5, 0.6) is 0 Å². The molecule has 1 aromatic carbocycles. The summed E-state index contributed by atoms with van der Waals surface area (Å²) in [6.45, 7) is 3.07. The van der Waals surface area contributed by atoms with Gasteiger partial charge in [0, 0.05) is 31.0 Å². The lowest BCUT2D eigenvalue weighted by molar-refractivity contribution is -0.135. The van der Waals surface area contributed by atoms with E-state index in [0.29, 0.717) is 31.0 Å². The van der Waals surface area contributed by atoms with Crippen LogP contribution in [0.4, 0.5) is 5.69 Å².